The monoisotopic (exact) mass is 575 g/mol. The number of aromatic nitrogens is 5. The molecule has 0 aromatic carbocycles. The van der Waals surface area contributed by atoms with Gasteiger partial charge in [-0.1, -0.05) is 5.21 Å². The summed E-state index contributed by atoms with van der Waals surface area (Å²) < 4.78 is 31.3. The fourth-order valence-corrected chi connectivity index (χ4v) is 6.61. The van der Waals surface area contributed by atoms with Crippen LogP contribution in [0.5, 0.6) is 0 Å². The molecule has 39 heavy (non-hydrogen) atoms. The Kier molecular flexibility index (Phi) is 9.59. The third-order valence-electron chi connectivity index (χ3n) is 5.58. The lowest BCUT2D eigenvalue weighted by atomic mass is 10.1. The second-order valence-electron chi connectivity index (χ2n) is 9.52. The van der Waals surface area contributed by atoms with Crippen LogP contribution in [0.2, 0.25) is 0 Å². The third kappa shape index (κ3) is 6.35. The zero-order chi connectivity index (χ0) is 29.2. The summed E-state index contributed by atoms with van der Waals surface area (Å²) in [6, 6.07) is -0.715. The van der Waals surface area contributed by atoms with Crippen LogP contribution in [0.25, 0.3) is 11.0 Å². The Morgan fingerprint density at radius 2 is 1.77 bits per heavy atom. The zero-order valence-electron chi connectivity index (χ0n) is 22.3. The Labute approximate surface area is 222 Å². The van der Waals surface area contributed by atoms with Crippen molar-refractivity contribution in [1.82, 2.24) is 34.9 Å². The van der Waals surface area contributed by atoms with Crippen molar-refractivity contribution in [2.24, 2.45) is 7.05 Å². The van der Waals surface area contributed by atoms with Gasteiger partial charge in [0.2, 0.25) is 5.85 Å². The lowest BCUT2D eigenvalue weighted by molar-refractivity contribution is -0.148. The minimum Gasteiger partial charge on any atom is -0.479 e. The van der Waals surface area contributed by atoms with Crippen LogP contribution >= 0.6 is 7.44 Å². The maximum atomic E-state index is 13.5. The van der Waals surface area contributed by atoms with Crippen molar-refractivity contribution >= 4 is 30.4 Å². The van der Waals surface area contributed by atoms with Crippen LogP contribution < -0.4 is 15.7 Å². The first kappa shape index (κ1) is 30.7. The molecule has 1 aliphatic heterocycles. The summed E-state index contributed by atoms with van der Waals surface area (Å²) in [5.41, 5.74) is -1.32. The summed E-state index contributed by atoms with van der Waals surface area (Å²) in [6.07, 6.45) is -6.20. The van der Waals surface area contributed by atoms with Gasteiger partial charge in [-0.15, -0.1) is 5.10 Å². The molecular weight excluding hydrogens is 541 g/mol. The number of hydrogen-bond donors (Lipinski definition) is 5. The molecule has 0 aliphatic carbocycles. The first-order valence-corrected chi connectivity index (χ1v) is 14.0. The normalized spacial score (nSPS) is 22.6. The number of aliphatic hydroxyl groups excluding tert-OH is 2. The molecule has 2 aromatic rings. The van der Waals surface area contributed by atoms with Gasteiger partial charge in [0.25, 0.3) is 13.0 Å². The van der Waals surface area contributed by atoms with Crippen LogP contribution in [0.3, 0.4) is 0 Å². The second-order valence-corrected chi connectivity index (χ2v) is 11.8. The molecule has 2 aromatic heterocycles. The highest BCUT2D eigenvalue weighted by Crippen LogP contribution is 2.44. The van der Waals surface area contributed by atoms with Gasteiger partial charge in [-0.25, -0.2) is 19.8 Å². The van der Waals surface area contributed by atoms with E-state index in [1.807, 2.05) is 0 Å². The van der Waals surface area contributed by atoms with Gasteiger partial charge in [0, 0.05) is 19.1 Å². The molecule has 5 N–H and O–H groups in total. The topological polar surface area (TPSA) is 229 Å². The van der Waals surface area contributed by atoms with Crippen molar-refractivity contribution < 1.29 is 43.7 Å². The van der Waals surface area contributed by atoms with E-state index >= 15 is 0 Å². The van der Waals surface area contributed by atoms with Crippen molar-refractivity contribution in [2.45, 2.75) is 77.1 Å². The smallest absolute Gasteiger partial charge is 0.361 e. The van der Waals surface area contributed by atoms with Gasteiger partial charge >= 0.3 is 11.9 Å². The SMILES string of the molecule is CCOC(=O)c1nn(C)c2c(=O)n(C3OC(COC(C(=O)O)P(=O)(NC(C)C)NC(C)C)C(O)C3O)nnc12. The van der Waals surface area contributed by atoms with Crippen molar-refractivity contribution in [3.05, 3.63) is 16.0 Å². The van der Waals surface area contributed by atoms with Gasteiger partial charge in [0.1, 0.15) is 18.3 Å². The number of hydrogen-bond acceptors (Lipinski definition) is 12. The van der Waals surface area contributed by atoms with E-state index in [0.717, 1.165) is 4.68 Å². The summed E-state index contributed by atoms with van der Waals surface area (Å²) >= 11 is 0. The number of rotatable bonds is 12. The van der Waals surface area contributed by atoms with E-state index < -0.39 is 61.9 Å². The molecule has 5 unspecified atom stereocenters. The van der Waals surface area contributed by atoms with E-state index in [1.165, 1.54) is 7.05 Å². The van der Waals surface area contributed by atoms with Crippen molar-refractivity contribution in [1.29, 1.82) is 0 Å². The van der Waals surface area contributed by atoms with Gasteiger partial charge < -0.3 is 29.5 Å². The zero-order valence-corrected chi connectivity index (χ0v) is 23.2. The number of aliphatic hydroxyl groups is 2. The minimum absolute atomic E-state index is 0.0735. The van der Waals surface area contributed by atoms with Crippen molar-refractivity contribution in [3.63, 3.8) is 0 Å². The molecule has 0 radical (unpaired) electrons. The van der Waals surface area contributed by atoms with Gasteiger partial charge in [-0.05, 0) is 34.6 Å². The fraction of sp³-hybridized carbons (Fsp3) is 0.714. The summed E-state index contributed by atoms with van der Waals surface area (Å²) in [5, 5.41) is 48.0. The number of nitrogens with zero attached hydrogens (tertiary/aromatic N) is 5. The first-order valence-electron chi connectivity index (χ1n) is 12.2. The standard InChI is InChI=1S/C21H34N7O10P/c1-7-36-20(34)13-12-14(27(6)23-13)17(31)28(26-22-12)18-16(30)15(29)11(38-18)8-37-21(19(32)33)39(35,24-9(2)3)25-10(4)5/h9-11,15-16,18,21,29-30H,7-8H2,1-6H3,(H,32,33)(H2,24,25,35). The molecule has 3 rings (SSSR count). The Bertz CT molecular complexity index is 1300. The third-order valence-corrected chi connectivity index (χ3v) is 8.41. The summed E-state index contributed by atoms with van der Waals surface area (Å²) in [7, 11) is -2.46. The highest BCUT2D eigenvalue weighted by atomic mass is 31.2. The Morgan fingerprint density at radius 1 is 1.15 bits per heavy atom. The molecule has 0 amide bonds. The minimum atomic E-state index is -3.86. The molecule has 1 fully saturated rings. The van der Waals surface area contributed by atoms with Crippen molar-refractivity contribution in [3.8, 4) is 0 Å². The number of carboxylic acids is 1. The lowest BCUT2D eigenvalue weighted by Gasteiger charge is -2.30. The molecule has 218 valence electrons. The number of carboxylic acid groups (broad SMARTS) is 1. The number of aryl methyl sites for hydroxylation is 1. The van der Waals surface area contributed by atoms with E-state index in [0.29, 0.717) is 4.68 Å². The summed E-state index contributed by atoms with van der Waals surface area (Å²) in [4.78, 5) is 37.4. The number of fused-ring (bicyclic) bond motifs is 1. The number of ether oxygens (including phenoxy) is 3. The molecule has 17 nitrogen and oxygen atoms in total. The number of esters is 1. The van der Waals surface area contributed by atoms with Crippen LogP contribution in [0.4, 0.5) is 0 Å². The Morgan fingerprint density at radius 3 is 2.31 bits per heavy atom. The molecule has 5 atom stereocenters. The number of nitrogens with one attached hydrogen (secondary N) is 2. The van der Waals surface area contributed by atoms with Crippen LogP contribution in [0.1, 0.15) is 51.3 Å². The molecule has 0 spiro atoms. The first-order chi connectivity index (χ1) is 18.2. The van der Waals surface area contributed by atoms with Crippen LogP contribution in [0.15, 0.2) is 4.79 Å². The average Bonchev–Trinajstić information content (AvgIpc) is 3.30. The summed E-state index contributed by atoms with van der Waals surface area (Å²) in [6.45, 7) is 7.82. The maximum Gasteiger partial charge on any atom is 0.361 e. The van der Waals surface area contributed by atoms with E-state index in [4.69, 9.17) is 14.2 Å². The maximum absolute atomic E-state index is 13.5. The highest BCUT2D eigenvalue weighted by molar-refractivity contribution is 7.61. The Balaban J connectivity index is 1.86. The quantitative estimate of drug-likeness (QED) is 0.150. The fourth-order valence-electron chi connectivity index (χ4n) is 4.12. The van der Waals surface area contributed by atoms with Crippen LogP contribution in [-0.4, -0.2) is 101 Å². The van der Waals surface area contributed by atoms with E-state index in [9.17, 15) is 34.3 Å². The van der Waals surface area contributed by atoms with Crippen LogP contribution in [-0.2, 0) is 30.6 Å². The molecule has 0 bridgehead atoms. The average molecular weight is 576 g/mol. The molecule has 1 aliphatic rings. The number of aliphatic carboxylic acids is 1. The predicted molar refractivity (Wildman–Crippen MR) is 134 cm³/mol. The summed E-state index contributed by atoms with van der Waals surface area (Å²) in [5.74, 6) is -4.18. The molecule has 0 saturated carbocycles. The van der Waals surface area contributed by atoms with Gasteiger partial charge in [0.15, 0.2) is 23.0 Å². The number of carbonyl (C=O) groups excluding carboxylic acids is 1. The van der Waals surface area contributed by atoms with Gasteiger partial charge in [-0.3, -0.25) is 14.0 Å². The van der Waals surface area contributed by atoms with E-state index in [-0.39, 0.29) is 35.4 Å². The van der Waals surface area contributed by atoms with E-state index in [1.54, 1.807) is 34.6 Å². The molecule has 18 heteroatoms. The Hall–Kier alpha value is -2.79. The van der Waals surface area contributed by atoms with E-state index in [2.05, 4.69) is 25.6 Å². The van der Waals surface area contributed by atoms with Crippen molar-refractivity contribution in [2.75, 3.05) is 13.2 Å². The molecule has 1 saturated heterocycles. The lowest BCUT2D eigenvalue weighted by Crippen LogP contribution is -2.43. The van der Waals surface area contributed by atoms with Crippen LogP contribution in [0, 0.1) is 0 Å². The second kappa shape index (κ2) is 12.2. The molecular formula is C21H34N7O10P. The largest absolute Gasteiger partial charge is 0.479 e. The van der Waals surface area contributed by atoms with Gasteiger partial charge in [-0.2, -0.15) is 9.78 Å². The predicted octanol–water partition coefficient (Wildman–Crippen LogP) is -1.06. The van der Waals surface area contributed by atoms with Gasteiger partial charge in [0.05, 0.1) is 13.2 Å². The number of carbonyl (C=O) groups is 2. The highest BCUT2D eigenvalue weighted by Gasteiger charge is 2.47. The molecule has 3 heterocycles.